The fourth-order valence-corrected chi connectivity index (χ4v) is 12.9. The van der Waals surface area contributed by atoms with E-state index in [1.165, 1.54) is 106 Å². The fourth-order valence-electron chi connectivity index (χ4n) is 12.9. The van der Waals surface area contributed by atoms with Gasteiger partial charge in [0.1, 0.15) is 0 Å². The Morgan fingerprint density at radius 3 is 1.85 bits per heavy atom. The van der Waals surface area contributed by atoms with Crippen molar-refractivity contribution in [2.24, 2.45) is 23.7 Å². The number of nitrogens with zero attached hydrogens (tertiary/aromatic N) is 1. The lowest BCUT2D eigenvalue weighted by Gasteiger charge is -2.61. The van der Waals surface area contributed by atoms with Gasteiger partial charge >= 0.3 is 0 Å². The summed E-state index contributed by atoms with van der Waals surface area (Å²) >= 11 is 0. The SMILES string of the molecule is CC1(C)CCC(C)(C)c2c(N(c3ccc(-c4cccc5ccccc45)cc3)c3cccc4c3-c3ccccc3C43C4CC5CC(C4)CC3C5)cccc21. The third kappa shape index (κ3) is 4.43. The maximum Gasteiger partial charge on any atom is 0.0543 e. The van der Waals surface area contributed by atoms with Gasteiger partial charge in [0.05, 0.1) is 11.4 Å². The van der Waals surface area contributed by atoms with Crippen LogP contribution >= 0.6 is 0 Å². The summed E-state index contributed by atoms with van der Waals surface area (Å²) in [5, 5.41) is 2.59. The van der Waals surface area contributed by atoms with Crippen LogP contribution in [0.1, 0.15) is 94.9 Å². The lowest BCUT2D eigenvalue weighted by Crippen LogP contribution is -2.55. The second kappa shape index (κ2) is 11.2. The van der Waals surface area contributed by atoms with Gasteiger partial charge in [-0.3, -0.25) is 0 Å². The highest BCUT2D eigenvalue weighted by atomic mass is 15.1. The van der Waals surface area contributed by atoms with E-state index in [4.69, 9.17) is 0 Å². The summed E-state index contributed by atoms with van der Waals surface area (Å²) in [6.07, 6.45) is 9.48. The van der Waals surface area contributed by atoms with E-state index in [1.54, 1.807) is 11.1 Å². The van der Waals surface area contributed by atoms with Crippen molar-refractivity contribution in [3.05, 3.63) is 150 Å². The maximum absolute atomic E-state index is 2.68. The zero-order chi connectivity index (χ0) is 35.7. The predicted molar refractivity (Wildman–Crippen MR) is 223 cm³/mol. The van der Waals surface area contributed by atoms with E-state index in [-0.39, 0.29) is 16.2 Å². The molecule has 1 spiro atoms. The van der Waals surface area contributed by atoms with Crippen LogP contribution in [0.15, 0.2) is 127 Å². The molecule has 12 rings (SSSR count). The molecule has 0 unspecified atom stereocenters. The monoisotopic (exact) mass is 689 g/mol. The van der Waals surface area contributed by atoms with Crippen molar-refractivity contribution in [1.82, 2.24) is 0 Å². The molecule has 0 N–H and O–H groups in total. The Hall–Kier alpha value is -4.62. The Bertz CT molecular complexity index is 2390. The quantitative estimate of drug-likeness (QED) is 0.178. The molecule has 1 nitrogen and oxygen atoms in total. The molecule has 0 heterocycles. The molecule has 6 aromatic carbocycles. The average Bonchev–Trinajstić information content (AvgIpc) is 3.47. The van der Waals surface area contributed by atoms with E-state index in [9.17, 15) is 0 Å². The molecule has 0 atom stereocenters. The van der Waals surface area contributed by atoms with Crippen molar-refractivity contribution < 1.29 is 0 Å². The van der Waals surface area contributed by atoms with Crippen molar-refractivity contribution in [2.45, 2.75) is 88.9 Å². The summed E-state index contributed by atoms with van der Waals surface area (Å²) in [5.74, 6) is 3.35. The third-order valence-corrected chi connectivity index (χ3v) is 15.1. The predicted octanol–water partition coefficient (Wildman–Crippen LogP) is 14.0. The molecule has 6 aliphatic carbocycles. The first-order valence-corrected chi connectivity index (χ1v) is 20.5. The molecule has 4 bridgehead atoms. The number of benzene rings is 6. The molecule has 6 aliphatic rings. The van der Waals surface area contributed by atoms with Crippen LogP contribution in [0.25, 0.3) is 33.0 Å². The zero-order valence-electron chi connectivity index (χ0n) is 31.8. The molecule has 6 aromatic rings. The molecule has 4 saturated carbocycles. The minimum Gasteiger partial charge on any atom is -0.310 e. The Morgan fingerprint density at radius 2 is 1.08 bits per heavy atom. The van der Waals surface area contributed by atoms with Crippen LogP contribution in [-0.2, 0) is 16.2 Å². The molecule has 0 saturated heterocycles. The molecule has 0 amide bonds. The van der Waals surface area contributed by atoms with Crippen LogP contribution in [0.4, 0.5) is 17.1 Å². The summed E-state index contributed by atoms with van der Waals surface area (Å²) in [7, 11) is 0. The van der Waals surface area contributed by atoms with E-state index in [0.717, 1.165) is 23.7 Å². The first-order chi connectivity index (χ1) is 25.7. The van der Waals surface area contributed by atoms with Gasteiger partial charge in [-0.1, -0.05) is 131 Å². The number of hydrogen-bond acceptors (Lipinski definition) is 1. The largest absolute Gasteiger partial charge is 0.310 e. The van der Waals surface area contributed by atoms with Gasteiger partial charge in [0, 0.05) is 16.7 Å². The van der Waals surface area contributed by atoms with Crippen LogP contribution in [0, 0.1) is 23.7 Å². The summed E-state index contributed by atoms with van der Waals surface area (Å²) in [6.45, 7) is 9.89. The van der Waals surface area contributed by atoms with E-state index in [0.29, 0.717) is 0 Å². The van der Waals surface area contributed by atoms with Gasteiger partial charge in [-0.25, -0.2) is 0 Å². The average molecular weight is 690 g/mol. The van der Waals surface area contributed by atoms with Gasteiger partial charge in [0.15, 0.2) is 0 Å². The minimum absolute atomic E-state index is 0.0566. The number of rotatable bonds is 4. The highest BCUT2D eigenvalue weighted by Gasteiger charge is 2.62. The minimum atomic E-state index is 0.0566. The lowest BCUT2D eigenvalue weighted by atomic mass is 9.43. The van der Waals surface area contributed by atoms with Crippen molar-refractivity contribution in [1.29, 1.82) is 0 Å². The highest BCUT2D eigenvalue weighted by Crippen LogP contribution is 2.70. The van der Waals surface area contributed by atoms with Crippen LogP contribution in [-0.4, -0.2) is 0 Å². The first kappa shape index (κ1) is 31.9. The van der Waals surface area contributed by atoms with Gasteiger partial charge in [-0.2, -0.15) is 0 Å². The van der Waals surface area contributed by atoms with Gasteiger partial charge in [-0.05, 0) is 153 Å². The summed E-state index contributed by atoms with van der Waals surface area (Å²) in [4.78, 5) is 2.68. The Balaban J connectivity index is 1.16. The zero-order valence-corrected chi connectivity index (χ0v) is 31.8. The van der Waals surface area contributed by atoms with Crippen molar-refractivity contribution in [3.63, 3.8) is 0 Å². The fraction of sp³-hybridized carbons (Fsp3) is 0.346. The van der Waals surface area contributed by atoms with Crippen LogP contribution in [0.2, 0.25) is 0 Å². The molecule has 1 heteroatoms. The van der Waals surface area contributed by atoms with Gasteiger partial charge < -0.3 is 4.90 Å². The second-order valence-electron chi connectivity index (χ2n) is 18.8. The normalized spacial score (nSPS) is 26.7. The van der Waals surface area contributed by atoms with Gasteiger partial charge in [0.2, 0.25) is 0 Å². The molecular formula is C52H51N. The topological polar surface area (TPSA) is 3.24 Å². The van der Waals surface area contributed by atoms with Crippen LogP contribution in [0.5, 0.6) is 0 Å². The molecule has 0 radical (unpaired) electrons. The lowest BCUT2D eigenvalue weighted by molar-refractivity contribution is -0.0399. The molecule has 53 heavy (non-hydrogen) atoms. The summed E-state index contributed by atoms with van der Waals surface area (Å²) in [6, 6.07) is 49.2. The van der Waals surface area contributed by atoms with E-state index >= 15 is 0 Å². The number of hydrogen-bond donors (Lipinski definition) is 0. The molecular weight excluding hydrogens is 639 g/mol. The van der Waals surface area contributed by atoms with Gasteiger partial charge in [0.25, 0.3) is 0 Å². The van der Waals surface area contributed by atoms with Crippen molar-refractivity contribution in [2.75, 3.05) is 4.90 Å². The molecule has 4 fully saturated rings. The first-order valence-electron chi connectivity index (χ1n) is 20.5. The summed E-state index contributed by atoms with van der Waals surface area (Å²) < 4.78 is 0. The van der Waals surface area contributed by atoms with Gasteiger partial charge in [-0.15, -0.1) is 0 Å². The summed E-state index contributed by atoms with van der Waals surface area (Å²) in [5.41, 5.74) is 16.0. The standard InChI is InChI=1S/C52H51N/c1-50(2)26-27-51(3,4)49-45(50)19-11-21-47(49)53(39-24-22-36(23-25-39)41-16-9-13-35-12-5-6-14-40(35)41)46-20-10-18-44-48(46)42-15-7-8-17-43(42)52(44)37-29-33-28-34(31-37)32-38(52)30-33/h5-25,33-34,37-38H,26-32H2,1-4H3. The maximum atomic E-state index is 2.68. The highest BCUT2D eigenvalue weighted by molar-refractivity contribution is 5.98. The van der Waals surface area contributed by atoms with Crippen molar-refractivity contribution in [3.8, 4) is 22.3 Å². The second-order valence-corrected chi connectivity index (χ2v) is 18.8. The molecule has 264 valence electrons. The Labute approximate surface area is 316 Å². The third-order valence-electron chi connectivity index (χ3n) is 15.1. The number of anilines is 3. The van der Waals surface area contributed by atoms with Crippen molar-refractivity contribution >= 4 is 27.8 Å². The van der Waals surface area contributed by atoms with E-state index < -0.39 is 0 Å². The van der Waals surface area contributed by atoms with E-state index in [1.807, 2.05) is 0 Å². The smallest absolute Gasteiger partial charge is 0.0543 e. The number of fused-ring (bicyclic) bond motifs is 5. The van der Waals surface area contributed by atoms with E-state index in [2.05, 4.69) is 160 Å². The Morgan fingerprint density at radius 1 is 0.491 bits per heavy atom. The van der Waals surface area contributed by atoms with Crippen LogP contribution < -0.4 is 4.90 Å². The Kier molecular flexibility index (Phi) is 6.74. The molecule has 0 aliphatic heterocycles. The van der Waals surface area contributed by atoms with Crippen LogP contribution in [0.3, 0.4) is 0 Å². The molecule has 0 aromatic heterocycles.